The molecular formula is C17H14BrN3O4. The third kappa shape index (κ3) is 3.80. The lowest BCUT2D eigenvalue weighted by Crippen LogP contribution is -2.13. The number of nitrogens with one attached hydrogen (secondary N) is 2. The van der Waals surface area contributed by atoms with E-state index in [0.717, 1.165) is 4.47 Å². The van der Waals surface area contributed by atoms with Crippen molar-refractivity contribution in [2.45, 2.75) is 6.92 Å². The number of anilines is 2. The van der Waals surface area contributed by atoms with Gasteiger partial charge in [0.2, 0.25) is 5.91 Å². The van der Waals surface area contributed by atoms with Gasteiger partial charge in [-0.2, -0.15) is 4.98 Å². The highest BCUT2D eigenvalue weighted by molar-refractivity contribution is 9.10. The number of hydrogen-bond donors (Lipinski definition) is 2. The monoisotopic (exact) mass is 403 g/mol. The Hall–Kier alpha value is -2.87. The zero-order valence-corrected chi connectivity index (χ0v) is 15.0. The predicted molar refractivity (Wildman–Crippen MR) is 97.0 cm³/mol. The summed E-state index contributed by atoms with van der Waals surface area (Å²) < 4.78 is 11.5. The minimum absolute atomic E-state index is 0.0574. The van der Waals surface area contributed by atoms with E-state index in [4.69, 9.17) is 9.15 Å². The lowest BCUT2D eigenvalue weighted by Gasteiger charge is -2.07. The van der Waals surface area contributed by atoms with Crippen LogP contribution in [0.5, 0.6) is 5.75 Å². The molecule has 0 aliphatic carbocycles. The average Bonchev–Trinajstić information content (AvgIpc) is 2.95. The third-order valence-corrected chi connectivity index (χ3v) is 3.83. The van der Waals surface area contributed by atoms with Crippen molar-refractivity contribution in [3.63, 3.8) is 0 Å². The summed E-state index contributed by atoms with van der Waals surface area (Å²) in [5.41, 5.74) is 1.94. The lowest BCUT2D eigenvalue weighted by atomic mass is 10.2. The molecule has 1 aromatic heterocycles. The molecule has 0 saturated heterocycles. The van der Waals surface area contributed by atoms with Gasteiger partial charge in [-0.05, 0) is 30.3 Å². The highest BCUT2D eigenvalue weighted by atomic mass is 79.9. The van der Waals surface area contributed by atoms with Gasteiger partial charge in [-0.15, -0.1) is 0 Å². The number of carbonyl (C=O) groups excluding carboxylic acids is 2. The van der Waals surface area contributed by atoms with Gasteiger partial charge in [0.05, 0.1) is 12.7 Å². The molecule has 0 bridgehead atoms. The van der Waals surface area contributed by atoms with Gasteiger partial charge in [-0.3, -0.25) is 14.9 Å². The SMILES string of the molecule is COc1ccc(Br)cc1C(=O)Nc1nc2ccc(NC(C)=O)cc2o1. The standard InChI is InChI=1S/C17H14BrN3O4/c1-9(22)19-11-4-5-13-15(8-11)25-17(20-13)21-16(23)12-7-10(18)3-6-14(12)24-2/h3-8H,1-2H3,(H,19,22)(H,20,21,23). The quantitative estimate of drug-likeness (QED) is 0.690. The van der Waals surface area contributed by atoms with E-state index in [1.807, 2.05) is 0 Å². The van der Waals surface area contributed by atoms with Gasteiger partial charge in [0.1, 0.15) is 11.3 Å². The Kier molecular flexibility index (Phi) is 4.71. The van der Waals surface area contributed by atoms with Gasteiger partial charge >= 0.3 is 6.01 Å². The maximum atomic E-state index is 12.5. The third-order valence-electron chi connectivity index (χ3n) is 3.34. The molecule has 1 heterocycles. The Bertz CT molecular complexity index is 968. The first-order valence-electron chi connectivity index (χ1n) is 7.29. The Balaban J connectivity index is 1.86. The maximum absolute atomic E-state index is 12.5. The number of benzene rings is 2. The summed E-state index contributed by atoms with van der Waals surface area (Å²) in [5.74, 6) is -0.161. The normalized spacial score (nSPS) is 10.5. The number of carbonyl (C=O) groups is 2. The summed E-state index contributed by atoms with van der Waals surface area (Å²) in [6, 6.07) is 10.2. The van der Waals surface area contributed by atoms with E-state index in [0.29, 0.717) is 28.1 Å². The lowest BCUT2D eigenvalue weighted by molar-refractivity contribution is -0.114. The zero-order chi connectivity index (χ0) is 18.0. The van der Waals surface area contributed by atoms with Crippen molar-refractivity contribution in [3.05, 3.63) is 46.4 Å². The average molecular weight is 404 g/mol. The Morgan fingerprint density at radius 1 is 1.16 bits per heavy atom. The fourth-order valence-electron chi connectivity index (χ4n) is 2.28. The summed E-state index contributed by atoms with van der Waals surface area (Å²) in [6.07, 6.45) is 0. The Morgan fingerprint density at radius 3 is 2.68 bits per heavy atom. The minimum Gasteiger partial charge on any atom is -0.496 e. The van der Waals surface area contributed by atoms with Crippen molar-refractivity contribution >= 4 is 50.5 Å². The molecule has 0 radical (unpaired) electrons. The second-order valence-corrected chi connectivity index (χ2v) is 6.10. The summed E-state index contributed by atoms with van der Waals surface area (Å²) >= 11 is 3.33. The van der Waals surface area contributed by atoms with Crippen molar-refractivity contribution in [3.8, 4) is 5.75 Å². The smallest absolute Gasteiger partial charge is 0.302 e. The topological polar surface area (TPSA) is 93.5 Å². The van der Waals surface area contributed by atoms with E-state index < -0.39 is 5.91 Å². The van der Waals surface area contributed by atoms with Gasteiger partial charge < -0.3 is 14.5 Å². The molecule has 0 atom stereocenters. The molecule has 2 aromatic carbocycles. The van der Waals surface area contributed by atoms with Crippen LogP contribution in [0, 0.1) is 0 Å². The highest BCUT2D eigenvalue weighted by Crippen LogP contribution is 2.26. The first-order valence-corrected chi connectivity index (χ1v) is 8.08. The van der Waals surface area contributed by atoms with Crippen LogP contribution in [-0.2, 0) is 4.79 Å². The first kappa shape index (κ1) is 17.0. The number of halogens is 1. The number of fused-ring (bicyclic) bond motifs is 1. The second-order valence-electron chi connectivity index (χ2n) is 5.18. The summed E-state index contributed by atoms with van der Waals surface area (Å²) in [4.78, 5) is 27.8. The fourth-order valence-corrected chi connectivity index (χ4v) is 2.64. The van der Waals surface area contributed by atoms with Crippen LogP contribution in [0.2, 0.25) is 0 Å². The van der Waals surface area contributed by atoms with Crippen molar-refractivity contribution in [2.75, 3.05) is 17.7 Å². The summed E-state index contributed by atoms with van der Waals surface area (Å²) in [5, 5.41) is 5.26. The van der Waals surface area contributed by atoms with Crippen LogP contribution in [0.1, 0.15) is 17.3 Å². The van der Waals surface area contributed by atoms with Crippen LogP contribution in [0.4, 0.5) is 11.7 Å². The van der Waals surface area contributed by atoms with Crippen molar-refractivity contribution in [2.24, 2.45) is 0 Å². The second kappa shape index (κ2) is 6.94. The van der Waals surface area contributed by atoms with Gasteiger partial charge in [0, 0.05) is 23.2 Å². The van der Waals surface area contributed by atoms with E-state index in [-0.39, 0.29) is 11.9 Å². The van der Waals surface area contributed by atoms with E-state index in [9.17, 15) is 9.59 Å². The Morgan fingerprint density at radius 2 is 1.96 bits per heavy atom. The van der Waals surface area contributed by atoms with E-state index in [1.165, 1.54) is 14.0 Å². The van der Waals surface area contributed by atoms with Crippen LogP contribution < -0.4 is 15.4 Å². The Labute approximate surface area is 151 Å². The molecule has 2 N–H and O–H groups in total. The van der Waals surface area contributed by atoms with Gasteiger partial charge in [-0.25, -0.2) is 0 Å². The molecular weight excluding hydrogens is 390 g/mol. The van der Waals surface area contributed by atoms with Gasteiger partial charge in [0.15, 0.2) is 5.58 Å². The minimum atomic E-state index is -0.410. The van der Waals surface area contributed by atoms with Crippen molar-refractivity contribution < 1.29 is 18.7 Å². The van der Waals surface area contributed by atoms with Crippen LogP contribution in [0.3, 0.4) is 0 Å². The molecule has 0 aliphatic rings. The number of hydrogen-bond acceptors (Lipinski definition) is 5. The van der Waals surface area contributed by atoms with E-state index >= 15 is 0 Å². The number of rotatable bonds is 4. The number of amides is 2. The van der Waals surface area contributed by atoms with Gasteiger partial charge in [-0.1, -0.05) is 15.9 Å². The van der Waals surface area contributed by atoms with Crippen molar-refractivity contribution in [1.29, 1.82) is 0 Å². The zero-order valence-electron chi connectivity index (χ0n) is 13.4. The molecule has 0 saturated carbocycles. The number of ether oxygens (including phenoxy) is 1. The molecule has 0 aliphatic heterocycles. The molecule has 0 unspecified atom stereocenters. The van der Waals surface area contributed by atoms with Crippen LogP contribution in [0.15, 0.2) is 45.3 Å². The molecule has 0 fully saturated rings. The van der Waals surface area contributed by atoms with Gasteiger partial charge in [0.25, 0.3) is 5.91 Å². The van der Waals surface area contributed by atoms with Crippen LogP contribution >= 0.6 is 15.9 Å². The molecule has 2 amide bonds. The molecule has 25 heavy (non-hydrogen) atoms. The molecule has 7 nitrogen and oxygen atoms in total. The number of nitrogens with zero attached hydrogens (tertiary/aromatic N) is 1. The van der Waals surface area contributed by atoms with E-state index in [1.54, 1.807) is 36.4 Å². The summed E-state index contributed by atoms with van der Waals surface area (Å²) in [7, 11) is 1.49. The first-order chi connectivity index (χ1) is 12.0. The number of methoxy groups -OCH3 is 1. The fraction of sp³-hybridized carbons (Fsp3) is 0.118. The predicted octanol–water partition coefficient (Wildman–Crippen LogP) is 3.81. The molecule has 3 aromatic rings. The number of aromatic nitrogens is 1. The van der Waals surface area contributed by atoms with Crippen molar-refractivity contribution in [1.82, 2.24) is 4.98 Å². The largest absolute Gasteiger partial charge is 0.496 e. The molecule has 8 heteroatoms. The molecule has 128 valence electrons. The number of oxazole rings is 1. The van der Waals surface area contributed by atoms with Crippen LogP contribution in [0.25, 0.3) is 11.1 Å². The van der Waals surface area contributed by atoms with E-state index in [2.05, 4.69) is 31.5 Å². The maximum Gasteiger partial charge on any atom is 0.302 e. The highest BCUT2D eigenvalue weighted by Gasteiger charge is 2.16. The van der Waals surface area contributed by atoms with Crippen LogP contribution in [-0.4, -0.2) is 23.9 Å². The molecule has 0 spiro atoms. The summed E-state index contributed by atoms with van der Waals surface area (Å²) in [6.45, 7) is 1.42. The molecule has 3 rings (SSSR count).